The standard InChI is InChI=1S/C25H16O/c1-26-25-18-16-22(17-19-25)14-15-24-13-7-12-23(20-24)11-6-5-10-21-8-3-2-4-9-21/h2-4,7-9,12-13,16-20H,1H3. The van der Waals surface area contributed by atoms with Gasteiger partial charge >= 0.3 is 0 Å². The van der Waals surface area contributed by atoms with Crippen molar-refractivity contribution in [3.05, 3.63) is 101 Å². The maximum absolute atomic E-state index is 5.15. The number of methoxy groups -OCH3 is 1. The zero-order valence-electron chi connectivity index (χ0n) is 14.4. The SMILES string of the molecule is COc1ccc(C#Cc2cccc(C#CC#Cc3ccccc3)c2)cc1. The van der Waals surface area contributed by atoms with Gasteiger partial charge in [-0.2, -0.15) is 0 Å². The van der Waals surface area contributed by atoms with Gasteiger partial charge in [0.2, 0.25) is 0 Å². The first kappa shape index (κ1) is 17.0. The van der Waals surface area contributed by atoms with Crippen molar-refractivity contribution >= 4 is 0 Å². The fourth-order valence-electron chi connectivity index (χ4n) is 2.22. The molecule has 0 aliphatic carbocycles. The van der Waals surface area contributed by atoms with Crippen molar-refractivity contribution in [3.63, 3.8) is 0 Å². The van der Waals surface area contributed by atoms with Gasteiger partial charge in [-0.15, -0.1) is 0 Å². The second-order valence-electron chi connectivity index (χ2n) is 5.43. The van der Waals surface area contributed by atoms with Crippen molar-refractivity contribution in [1.82, 2.24) is 0 Å². The number of rotatable bonds is 1. The fraction of sp³-hybridized carbons (Fsp3) is 0.0400. The largest absolute Gasteiger partial charge is 0.497 e. The van der Waals surface area contributed by atoms with Crippen molar-refractivity contribution in [2.75, 3.05) is 7.11 Å². The van der Waals surface area contributed by atoms with Gasteiger partial charge in [-0.3, -0.25) is 0 Å². The third-order valence-corrected chi connectivity index (χ3v) is 3.55. The molecule has 3 aromatic rings. The Kier molecular flexibility index (Phi) is 5.77. The summed E-state index contributed by atoms with van der Waals surface area (Å²) < 4.78 is 5.15. The first-order valence-corrected chi connectivity index (χ1v) is 8.17. The lowest BCUT2D eigenvalue weighted by Crippen LogP contribution is -1.82. The normalized spacial score (nSPS) is 8.81. The number of benzene rings is 3. The highest BCUT2D eigenvalue weighted by Crippen LogP contribution is 2.10. The summed E-state index contributed by atoms with van der Waals surface area (Å²) in [6.07, 6.45) is 0. The van der Waals surface area contributed by atoms with E-state index in [0.717, 1.165) is 28.0 Å². The van der Waals surface area contributed by atoms with Gasteiger partial charge in [0.05, 0.1) is 7.11 Å². The smallest absolute Gasteiger partial charge is 0.118 e. The van der Waals surface area contributed by atoms with Crippen LogP contribution in [-0.4, -0.2) is 7.11 Å². The number of ether oxygens (including phenoxy) is 1. The minimum Gasteiger partial charge on any atom is -0.497 e. The Morgan fingerprint density at radius 3 is 1.77 bits per heavy atom. The summed E-state index contributed by atoms with van der Waals surface area (Å²) in [6.45, 7) is 0. The van der Waals surface area contributed by atoms with Gasteiger partial charge < -0.3 is 4.74 Å². The molecule has 0 aliphatic rings. The molecule has 0 amide bonds. The molecular formula is C25H16O. The summed E-state index contributed by atoms with van der Waals surface area (Å²) in [5.41, 5.74) is 3.72. The van der Waals surface area contributed by atoms with E-state index in [0.29, 0.717) is 0 Å². The molecule has 0 saturated heterocycles. The molecular weight excluding hydrogens is 316 g/mol. The molecule has 1 nitrogen and oxygen atoms in total. The van der Waals surface area contributed by atoms with E-state index in [2.05, 4.69) is 35.5 Å². The molecule has 0 heterocycles. The Morgan fingerprint density at radius 1 is 0.538 bits per heavy atom. The summed E-state index contributed by atoms with van der Waals surface area (Å²) in [5.74, 6) is 19.0. The molecule has 0 aliphatic heterocycles. The van der Waals surface area contributed by atoms with E-state index < -0.39 is 0 Å². The lowest BCUT2D eigenvalue weighted by molar-refractivity contribution is 0.415. The van der Waals surface area contributed by atoms with Gasteiger partial charge in [0.1, 0.15) is 5.75 Å². The van der Waals surface area contributed by atoms with Gasteiger partial charge in [-0.25, -0.2) is 0 Å². The molecule has 26 heavy (non-hydrogen) atoms. The van der Waals surface area contributed by atoms with Crippen LogP contribution in [0.2, 0.25) is 0 Å². The molecule has 3 rings (SSSR count). The van der Waals surface area contributed by atoms with Crippen LogP contribution >= 0.6 is 0 Å². The Balaban J connectivity index is 1.72. The van der Waals surface area contributed by atoms with Crippen LogP contribution < -0.4 is 4.74 Å². The maximum atomic E-state index is 5.15. The van der Waals surface area contributed by atoms with Crippen LogP contribution in [0.3, 0.4) is 0 Å². The second-order valence-corrected chi connectivity index (χ2v) is 5.43. The van der Waals surface area contributed by atoms with Crippen LogP contribution in [0.25, 0.3) is 0 Å². The lowest BCUT2D eigenvalue weighted by Gasteiger charge is -1.97. The molecule has 0 N–H and O–H groups in total. The monoisotopic (exact) mass is 332 g/mol. The van der Waals surface area contributed by atoms with Crippen molar-refractivity contribution in [2.24, 2.45) is 0 Å². The van der Waals surface area contributed by atoms with Gasteiger partial charge in [-0.05, 0) is 66.4 Å². The predicted octanol–water partition coefficient (Wildman–Crippen LogP) is 4.50. The van der Waals surface area contributed by atoms with E-state index in [1.54, 1.807) is 7.11 Å². The lowest BCUT2D eigenvalue weighted by atomic mass is 10.1. The van der Waals surface area contributed by atoms with E-state index in [-0.39, 0.29) is 0 Å². The maximum Gasteiger partial charge on any atom is 0.118 e. The molecule has 0 fully saturated rings. The van der Waals surface area contributed by atoms with Crippen LogP contribution in [0.15, 0.2) is 78.9 Å². The zero-order chi connectivity index (χ0) is 18.0. The van der Waals surface area contributed by atoms with E-state index in [1.165, 1.54) is 0 Å². The average Bonchev–Trinajstić information content (AvgIpc) is 2.71. The van der Waals surface area contributed by atoms with Crippen LogP contribution in [0.1, 0.15) is 22.3 Å². The molecule has 0 atom stereocenters. The quantitative estimate of drug-likeness (QED) is 0.596. The first-order valence-electron chi connectivity index (χ1n) is 8.17. The zero-order valence-corrected chi connectivity index (χ0v) is 14.4. The van der Waals surface area contributed by atoms with Crippen molar-refractivity contribution in [2.45, 2.75) is 0 Å². The van der Waals surface area contributed by atoms with Gasteiger partial charge in [0.15, 0.2) is 0 Å². The minimum atomic E-state index is 0.824. The Bertz CT molecular complexity index is 1060. The highest BCUT2D eigenvalue weighted by atomic mass is 16.5. The van der Waals surface area contributed by atoms with Crippen molar-refractivity contribution < 1.29 is 4.74 Å². The summed E-state index contributed by atoms with van der Waals surface area (Å²) >= 11 is 0. The first-order chi connectivity index (χ1) is 12.8. The Hall–Kier alpha value is -3.86. The van der Waals surface area contributed by atoms with Crippen LogP contribution in [0.4, 0.5) is 0 Å². The van der Waals surface area contributed by atoms with E-state index >= 15 is 0 Å². The molecule has 0 radical (unpaired) electrons. The van der Waals surface area contributed by atoms with Crippen LogP contribution in [0, 0.1) is 35.5 Å². The highest BCUT2D eigenvalue weighted by Gasteiger charge is 1.92. The molecule has 0 unspecified atom stereocenters. The second kappa shape index (κ2) is 8.84. The van der Waals surface area contributed by atoms with Crippen molar-refractivity contribution in [3.8, 4) is 41.3 Å². The van der Waals surface area contributed by atoms with Gasteiger partial charge in [0.25, 0.3) is 0 Å². The van der Waals surface area contributed by atoms with Crippen LogP contribution in [-0.2, 0) is 0 Å². The highest BCUT2D eigenvalue weighted by molar-refractivity contribution is 5.49. The molecule has 3 aromatic carbocycles. The van der Waals surface area contributed by atoms with Crippen LogP contribution in [0.5, 0.6) is 5.75 Å². The third kappa shape index (κ3) is 5.07. The summed E-state index contributed by atoms with van der Waals surface area (Å²) in [6, 6.07) is 25.3. The minimum absolute atomic E-state index is 0.824. The number of hydrogen-bond donors (Lipinski definition) is 0. The Labute approximate surface area is 154 Å². The third-order valence-electron chi connectivity index (χ3n) is 3.55. The summed E-state index contributed by atoms with van der Waals surface area (Å²) in [5, 5.41) is 0. The molecule has 0 aromatic heterocycles. The van der Waals surface area contributed by atoms with E-state index in [4.69, 9.17) is 4.74 Å². The van der Waals surface area contributed by atoms with Gasteiger partial charge in [-0.1, -0.05) is 47.9 Å². The van der Waals surface area contributed by atoms with Gasteiger partial charge in [0, 0.05) is 22.3 Å². The summed E-state index contributed by atoms with van der Waals surface area (Å²) in [4.78, 5) is 0. The Morgan fingerprint density at radius 2 is 1.08 bits per heavy atom. The molecule has 122 valence electrons. The molecule has 1 heteroatoms. The van der Waals surface area contributed by atoms with E-state index in [9.17, 15) is 0 Å². The fourth-order valence-corrected chi connectivity index (χ4v) is 2.22. The molecule has 0 spiro atoms. The topological polar surface area (TPSA) is 9.23 Å². The summed E-state index contributed by atoms with van der Waals surface area (Å²) in [7, 11) is 1.65. The molecule has 0 saturated carbocycles. The number of hydrogen-bond acceptors (Lipinski definition) is 1. The van der Waals surface area contributed by atoms with E-state index in [1.807, 2.05) is 78.9 Å². The predicted molar refractivity (Wildman–Crippen MR) is 106 cm³/mol. The molecule has 0 bridgehead atoms. The van der Waals surface area contributed by atoms with Crippen molar-refractivity contribution in [1.29, 1.82) is 0 Å². The average molecular weight is 332 g/mol.